The predicted molar refractivity (Wildman–Crippen MR) is 76.8 cm³/mol. The topological polar surface area (TPSA) is 85.1 Å². The van der Waals surface area contributed by atoms with Gasteiger partial charge in [0.2, 0.25) is 5.91 Å². The number of anilines is 1. The number of thiol groups is 1. The lowest BCUT2D eigenvalue weighted by Crippen LogP contribution is -2.04. The van der Waals surface area contributed by atoms with Crippen LogP contribution >= 0.6 is 24.0 Å². The molecule has 1 aromatic carbocycles. The molecule has 0 aliphatic heterocycles. The molecule has 0 spiro atoms. The van der Waals surface area contributed by atoms with E-state index in [0.29, 0.717) is 5.13 Å². The Morgan fingerprint density at radius 2 is 2.05 bits per heavy atom. The number of rotatable bonds is 2. The van der Waals surface area contributed by atoms with Crippen molar-refractivity contribution in [1.29, 1.82) is 0 Å². The highest BCUT2D eigenvalue weighted by Crippen LogP contribution is 2.20. The molecule has 2 rings (SSSR count). The van der Waals surface area contributed by atoms with Gasteiger partial charge in [0.25, 0.3) is 5.69 Å². The molecule has 1 aromatic heterocycles. The number of benzene rings is 1. The minimum absolute atomic E-state index is 0.109. The van der Waals surface area contributed by atoms with Gasteiger partial charge in [-0.15, -0.1) is 12.6 Å². The van der Waals surface area contributed by atoms with Gasteiger partial charge < -0.3 is 5.32 Å². The highest BCUT2D eigenvalue weighted by atomic mass is 32.2. The van der Waals surface area contributed by atoms with Crippen molar-refractivity contribution >= 4 is 40.7 Å². The normalized spacial score (nSPS) is 9.16. The zero-order valence-corrected chi connectivity index (χ0v) is 11.6. The van der Waals surface area contributed by atoms with Crippen molar-refractivity contribution in [3.05, 3.63) is 46.6 Å². The fourth-order valence-corrected chi connectivity index (χ4v) is 1.94. The fraction of sp³-hybridized carbons (Fsp3) is 0.0909. The van der Waals surface area contributed by atoms with Crippen LogP contribution in [0.2, 0.25) is 0 Å². The number of nitro benzene ring substituents is 1. The quantitative estimate of drug-likeness (QED) is 0.507. The molecule has 1 N–H and O–H groups in total. The van der Waals surface area contributed by atoms with E-state index in [-0.39, 0.29) is 11.6 Å². The van der Waals surface area contributed by atoms with Crippen LogP contribution in [0.25, 0.3) is 0 Å². The van der Waals surface area contributed by atoms with Crippen molar-refractivity contribution in [1.82, 2.24) is 4.98 Å². The molecule has 1 amide bonds. The number of nitrogens with zero attached hydrogens (tertiary/aromatic N) is 2. The van der Waals surface area contributed by atoms with Gasteiger partial charge >= 0.3 is 0 Å². The van der Waals surface area contributed by atoms with Crippen LogP contribution in [0.15, 0.2) is 40.7 Å². The number of nitro groups is 1. The van der Waals surface area contributed by atoms with Crippen molar-refractivity contribution in [3.63, 3.8) is 0 Å². The first kappa shape index (κ1) is 15.1. The Balaban J connectivity index is 0.000000191. The summed E-state index contributed by atoms with van der Waals surface area (Å²) in [7, 11) is 0. The number of para-hydroxylation sites is 1. The maximum atomic E-state index is 10.5. The fourth-order valence-electron chi connectivity index (χ4n) is 1.02. The number of hydrogen-bond donors (Lipinski definition) is 2. The van der Waals surface area contributed by atoms with Gasteiger partial charge in [0.05, 0.1) is 15.3 Å². The molecule has 100 valence electrons. The Morgan fingerprint density at radius 3 is 2.42 bits per heavy atom. The van der Waals surface area contributed by atoms with Crippen molar-refractivity contribution < 1.29 is 9.72 Å². The molecular formula is C11H11N3O3S2. The summed E-state index contributed by atoms with van der Waals surface area (Å²) in [4.78, 5) is 23.9. The van der Waals surface area contributed by atoms with Gasteiger partial charge in [0.15, 0.2) is 5.13 Å². The van der Waals surface area contributed by atoms with E-state index in [1.807, 2.05) is 0 Å². The minimum atomic E-state index is -0.417. The van der Waals surface area contributed by atoms with Crippen molar-refractivity contribution in [2.24, 2.45) is 0 Å². The largest absolute Gasteiger partial charge is 0.302 e. The molecule has 0 aliphatic rings. The number of non-ortho nitro benzene ring substituents is 1. The van der Waals surface area contributed by atoms with E-state index < -0.39 is 4.92 Å². The smallest absolute Gasteiger partial charge is 0.269 e. The van der Waals surface area contributed by atoms with Crippen LogP contribution in [0.5, 0.6) is 0 Å². The molecule has 0 aliphatic carbocycles. The molecule has 2 aromatic rings. The first-order valence-corrected chi connectivity index (χ1v) is 6.37. The summed E-state index contributed by atoms with van der Waals surface area (Å²) in [6.45, 7) is 1.44. The van der Waals surface area contributed by atoms with E-state index >= 15 is 0 Å². The molecule has 0 atom stereocenters. The SMILES string of the molecule is CC(=O)Nc1ncc(S)s1.O=[N+]([O-])c1ccccc1. The van der Waals surface area contributed by atoms with Crippen LogP contribution in [0.4, 0.5) is 10.8 Å². The summed E-state index contributed by atoms with van der Waals surface area (Å²) < 4.78 is 0.795. The lowest BCUT2D eigenvalue weighted by molar-refractivity contribution is -0.384. The van der Waals surface area contributed by atoms with Gasteiger partial charge in [-0.2, -0.15) is 0 Å². The van der Waals surface area contributed by atoms with E-state index in [1.165, 1.54) is 30.4 Å². The summed E-state index contributed by atoms with van der Waals surface area (Å²) in [5, 5.41) is 13.1. The maximum absolute atomic E-state index is 10.5. The predicted octanol–water partition coefficient (Wildman–Crippen LogP) is 2.99. The average Bonchev–Trinajstić information content (AvgIpc) is 2.76. The average molecular weight is 297 g/mol. The molecule has 0 bridgehead atoms. The molecule has 0 radical (unpaired) electrons. The van der Waals surface area contributed by atoms with Crippen molar-refractivity contribution in [3.8, 4) is 0 Å². The van der Waals surface area contributed by atoms with E-state index in [9.17, 15) is 14.9 Å². The molecule has 0 fully saturated rings. The Bertz CT molecular complexity index is 557. The number of amides is 1. The van der Waals surface area contributed by atoms with Crippen LogP contribution in [0.1, 0.15) is 6.92 Å². The standard InChI is InChI=1S/C6H5NO2.C5H6N2OS2/c8-7(9)6-4-2-1-3-5-6;1-3(8)7-5-6-2-4(9)10-5/h1-5H;2,9H,1H3,(H,6,7,8). The van der Waals surface area contributed by atoms with Gasteiger partial charge in [-0.25, -0.2) is 4.98 Å². The molecular weight excluding hydrogens is 286 g/mol. The Labute approximate surface area is 119 Å². The Hall–Kier alpha value is -1.93. The van der Waals surface area contributed by atoms with Gasteiger partial charge in [-0.05, 0) is 0 Å². The maximum Gasteiger partial charge on any atom is 0.269 e. The molecule has 19 heavy (non-hydrogen) atoms. The summed E-state index contributed by atoms with van der Waals surface area (Å²) in [5.41, 5.74) is 0.137. The monoisotopic (exact) mass is 297 g/mol. The van der Waals surface area contributed by atoms with E-state index in [0.717, 1.165) is 4.21 Å². The Morgan fingerprint density at radius 1 is 1.42 bits per heavy atom. The van der Waals surface area contributed by atoms with E-state index in [4.69, 9.17) is 0 Å². The molecule has 8 heteroatoms. The van der Waals surface area contributed by atoms with Gasteiger partial charge in [0, 0.05) is 19.1 Å². The summed E-state index contributed by atoms with van der Waals surface area (Å²) in [5.74, 6) is -0.109. The third kappa shape index (κ3) is 5.98. The van der Waals surface area contributed by atoms with Crippen molar-refractivity contribution in [2.75, 3.05) is 5.32 Å². The number of hydrogen-bond acceptors (Lipinski definition) is 6. The van der Waals surface area contributed by atoms with Gasteiger partial charge in [-0.1, -0.05) is 29.5 Å². The Kier molecular flexibility index (Phi) is 5.97. The molecule has 1 heterocycles. The van der Waals surface area contributed by atoms with E-state index in [2.05, 4.69) is 22.9 Å². The van der Waals surface area contributed by atoms with Crippen molar-refractivity contribution in [2.45, 2.75) is 11.1 Å². The van der Waals surface area contributed by atoms with E-state index in [1.54, 1.807) is 24.4 Å². The first-order valence-electron chi connectivity index (χ1n) is 5.11. The third-order valence-corrected chi connectivity index (χ3v) is 2.85. The van der Waals surface area contributed by atoms with Crippen LogP contribution in [0.3, 0.4) is 0 Å². The summed E-state index contributed by atoms with van der Waals surface area (Å²) in [6.07, 6.45) is 1.60. The van der Waals surface area contributed by atoms with Crippen LogP contribution in [0, 0.1) is 10.1 Å². The summed E-state index contributed by atoms with van der Waals surface area (Å²) >= 11 is 5.37. The highest BCUT2D eigenvalue weighted by Gasteiger charge is 1.99. The number of aromatic nitrogens is 1. The third-order valence-electron chi connectivity index (χ3n) is 1.74. The first-order chi connectivity index (χ1) is 8.99. The van der Waals surface area contributed by atoms with Gasteiger partial charge in [0.1, 0.15) is 0 Å². The molecule has 6 nitrogen and oxygen atoms in total. The zero-order chi connectivity index (χ0) is 14.3. The van der Waals surface area contributed by atoms with Crippen LogP contribution < -0.4 is 5.32 Å². The number of thiazole rings is 1. The molecule has 0 saturated heterocycles. The minimum Gasteiger partial charge on any atom is -0.302 e. The second-order valence-corrected chi connectivity index (χ2v) is 5.09. The number of nitrogens with one attached hydrogen (secondary N) is 1. The lowest BCUT2D eigenvalue weighted by Gasteiger charge is -1.91. The second-order valence-electron chi connectivity index (χ2n) is 3.28. The highest BCUT2D eigenvalue weighted by molar-refractivity contribution is 7.83. The number of carbonyl (C=O) groups is 1. The van der Waals surface area contributed by atoms with Crippen LogP contribution in [-0.2, 0) is 4.79 Å². The second kappa shape index (κ2) is 7.49. The molecule has 0 saturated carbocycles. The van der Waals surface area contributed by atoms with Crippen LogP contribution in [-0.4, -0.2) is 15.8 Å². The number of carbonyl (C=O) groups excluding carboxylic acids is 1. The zero-order valence-electron chi connectivity index (χ0n) is 9.94. The molecule has 0 unspecified atom stereocenters. The lowest BCUT2D eigenvalue weighted by atomic mass is 10.3. The van der Waals surface area contributed by atoms with Gasteiger partial charge in [-0.3, -0.25) is 14.9 Å². The summed E-state index contributed by atoms with van der Waals surface area (Å²) in [6, 6.07) is 7.93.